The first-order valence-electron chi connectivity index (χ1n) is 9.70. The molecule has 1 aromatic heterocycles. The smallest absolute Gasteiger partial charge is 0.191 e. The number of aliphatic imine (C=N–C) groups is 1. The first-order valence-corrected chi connectivity index (χ1v) is 10.6. The van der Waals surface area contributed by atoms with E-state index in [1.54, 1.807) is 0 Å². The van der Waals surface area contributed by atoms with E-state index in [-0.39, 0.29) is 24.0 Å². The molecule has 3 rings (SSSR count). The van der Waals surface area contributed by atoms with E-state index in [0.717, 1.165) is 51.4 Å². The number of ether oxygens (including phenoxy) is 1. The number of nitrogens with one attached hydrogen (secondary N) is 2. The van der Waals surface area contributed by atoms with Crippen LogP contribution in [-0.4, -0.2) is 81.3 Å². The maximum absolute atomic E-state index is 5.53. The van der Waals surface area contributed by atoms with Crippen molar-refractivity contribution in [3.05, 3.63) is 22.4 Å². The number of guanidine groups is 1. The Labute approximate surface area is 184 Å². The third kappa shape index (κ3) is 6.85. The minimum Gasteiger partial charge on any atom is -0.379 e. The van der Waals surface area contributed by atoms with Gasteiger partial charge in [-0.15, -0.1) is 35.3 Å². The van der Waals surface area contributed by atoms with Crippen molar-refractivity contribution in [2.75, 3.05) is 53.5 Å². The van der Waals surface area contributed by atoms with Gasteiger partial charge >= 0.3 is 0 Å². The Bertz CT molecular complexity index is 560. The Morgan fingerprint density at radius 2 is 2.04 bits per heavy atom. The molecule has 1 aliphatic heterocycles. The van der Waals surface area contributed by atoms with Crippen LogP contribution in [0.2, 0.25) is 0 Å². The molecule has 0 bridgehead atoms. The van der Waals surface area contributed by atoms with Gasteiger partial charge in [-0.1, -0.05) is 6.07 Å². The molecule has 1 saturated heterocycles. The first-order chi connectivity index (χ1) is 12.7. The predicted molar refractivity (Wildman–Crippen MR) is 124 cm³/mol. The van der Waals surface area contributed by atoms with Gasteiger partial charge in [0.15, 0.2) is 5.96 Å². The average Bonchev–Trinajstić information content (AvgIpc) is 3.39. The van der Waals surface area contributed by atoms with Crippen molar-refractivity contribution < 1.29 is 4.74 Å². The van der Waals surface area contributed by atoms with E-state index in [9.17, 15) is 0 Å². The van der Waals surface area contributed by atoms with Gasteiger partial charge in [0.25, 0.3) is 0 Å². The summed E-state index contributed by atoms with van der Waals surface area (Å²) in [5, 5.41) is 9.19. The number of likely N-dealkylation sites (N-methyl/N-ethyl adjacent to an activating group) is 1. The van der Waals surface area contributed by atoms with Gasteiger partial charge in [0.2, 0.25) is 0 Å². The molecule has 1 aliphatic carbocycles. The second-order valence-corrected chi connectivity index (χ2v) is 8.24. The summed E-state index contributed by atoms with van der Waals surface area (Å²) in [6.45, 7) is 7.65. The summed E-state index contributed by atoms with van der Waals surface area (Å²) in [5.41, 5.74) is 0. The van der Waals surface area contributed by atoms with E-state index < -0.39 is 0 Å². The minimum absolute atomic E-state index is 0. The van der Waals surface area contributed by atoms with Crippen molar-refractivity contribution in [2.24, 2.45) is 4.99 Å². The number of nitrogens with zero attached hydrogens (tertiary/aromatic N) is 3. The molecule has 2 atom stereocenters. The molecule has 0 spiro atoms. The molecular weight excluding hydrogens is 473 g/mol. The molecule has 2 unspecified atom stereocenters. The zero-order chi connectivity index (χ0) is 18.4. The van der Waals surface area contributed by atoms with Crippen molar-refractivity contribution in [1.82, 2.24) is 20.4 Å². The summed E-state index contributed by atoms with van der Waals surface area (Å²) in [7, 11) is 4.07. The Morgan fingerprint density at radius 3 is 2.63 bits per heavy atom. The summed E-state index contributed by atoms with van der Waals surface area (Å²) < 4.78 is 5.53. The van der Waals surface area contributed by atoms with Gasteiger partial charge in [0, 0.05) is 50.2 Å². The highest BCUT2D eigenvalue weighted by Crippen LogP contribution is 2.27. The highest BCUT2D eigenvalue weighted by molar-refractivity contribution is 14.0. The summed E-state index contributed by atoms with van der Waals surface area (Å²) in [5.74, 6) is 0.885. The van der Waals surface area contributed by atoms with Crippen LogP contribution in [0.3, 0.4) is 0 Å². The molecule has 2 N–H and O–H groups in total. The van der Waals surface area contributed by atoms with Crippen LogP contribution in [0.1, 0.15) is 30.7 Å². The number of morpholine rings is 1. The molecular formula is C19H34IN5OS. The maximum atomic E-state index is 5.53. The van der Waals surface area contributed by atoms with Crippen molar-refractivity contribution >= 4 is 41.3 Å². The lowest BCUT2D eigenvalue weighted by Gasteiger charge is -2.34. The van der Waals surface area contributed by atoms with Gasteiger partial charge in [-0.2, -0.15) is 0 Å². The lowest BCUT2D eigenvalue weighted by atomic mass is 10.2. The fourth-order valence-electron chi connectivity index (χ4n) is 3.42. The molecule has 6 nitrogen and oxygen atoms in total. The molecule has 8 heteroatoms. The van der Waals surface area contributed by atoms with Gasteiger partial charge < -0.3 is 15.4 Å². The maximum Gasteiger partial charge on any atom is 0.191 e. The molecule has 0 radical (unpaired) electrons. The Balaban J connectivity index is 0.00000261. The Hall–Kier alpha value is -0.420. The summed E-state index contributed by atoms with van der Waals surface area (Å²) >= 11 is 1.83. The van der Waals surface area contributed by atoms with Crippen LogP contribution >= 0.6 is 35.3 Å². The topological polar surface area (TPSA) is 52.1 Å². The predicted octanol–water partition coefficient (Wildman–Crippen LogP) is 2.39. The van der Waals surface area contributed by atoms with Crippen molar-refractivity contribution in [3.63, 3.8) is 0 Å². The van der Waals surface area contributed by atoms with Gasteiger partial charge in [-0.25, -0.2) is 0 Å². The third-order valence-electron chi connectivity index (χ3n) is 5.43. The second-order valence-electron chi connectivity index (χ2n) is 7.26. The summed E-state index contributed by atoms with van der Waals surface area (Å²) in [6.07, 6.45) is 2.69. The van der Waals surface area contributed by atoms with Crippen LogP contribution in [0.15, 0.2) is 22.5 Å². The highest BCUT2D eigenvalue weighted by Gasteiger charge is 2.29. The summed E-state index contributed by atoms with van der Waals surface area (Å²) in [6, 6.07) is 6.02. The zero-order valence-corrected chi connectivity index (χ0v) is 19.8. The van der Waals surface area contributed by atoms with E-state index >= 15 is 0 Å². The number of hydrogen-bond acceptors (Lipinski definition) is 5. The number of hydrogen-bond donors (Lipinski definition) is 2. The molecule has 1 saturated carbocycles. The highest BCUT2D eigenvalue weighted by atomic mass is 127. The quantitative estimate of drug-likeness (QED) is 0.322. The number of thiophene rings is 1. The molecule has 2 aliphatic rings. The monoisotopic (exact) mass is 507 g/mol. The van der Waals surface area contributed by atoms with Gasteiger partial charge in [0.05, 0.1) is 19.3 Å². The minimum atomic E-state index is 0. The standard InChI is InChI=1S/C19H33N5OS.HI/c1-15(23(3)16-6-7-16)13-21-19(20-2)22-14-17(18-5-4-12-26-18)24-8-10-25-11-9-24;/h4-5,12,15-17H,6-11,13-14H2,1-3H3,(H2,20,21,22);1H. The molecule has 0 amide bonds. The first kappa shape index (κ1) is 22.9. The fraction of sp³-hybridized carbons (Fsp3) is 0.737. The fourth-order valence-corrected chi connectivity index (χ4v) is 4.28. The van der Waals surface area contributed by atoms with Gasteiger partial charge in [-0.3, -0.25) is 14.8 Å². The average molecular weight is 507 g/mol. The van der Waals surface area contributed by atoms with Crippen molar-refractivity contribution in [2.45, 2.75) is 37.9 Å². The number of halogens is 1. The molecule has 2 fully saturated rings. The van der Waals surface area contributed by atoms with Crippen molar-refractivity contribution in [1.29, 1.82) is 0 Å². The van der Waals surface area contributed by atoms with Crippen LogP contribution in [0.5, 0.6) is 0 Å². The van der Waals surface area contributed by atoms with Gasteiger partial charge in [-0.05, 0) is 38.3 Å². The molecule has 0 aromatic carbocycles. The Kier molecular flexibility index (Phi) is 9.78. The van der Waals surface area contributed by atoms with Crippen LogP contribution in [-0.2, 0) is 4.74 Å². The van der Waals surface area contributed by atoms with E-state index in [4.69, 9.17) is 4.74 Å². The Morgan fingerprint density at radius 1 is 1.33 bits per heavy atom. The zero-order valence-electron chi connectivity index (χ0n) is 16.7. The normalized spacial score (nSPS) is 20.8. The lowest BCUT2D eigenvalue weighted by Crippen LogP contribution is -2.48. The van der Waals surface area contributed by atoms with Crippen LogP contribution in [0.25, 0.3) is 0 Å². The van der Waals surface area contributed by atoms with Gasteiger partial charge in [0.1, 0.15) is 0 Å². The number of rotatable bonds is 8. The van der Waals surface area contributed by atoms with E-state index in [1.807, 2.05) is 18.4 Å². The van der Waals surface area contributed by atoms with Crippen molar-refractivity contribution in [3.8, 4) is 0 Å². The largest absolute Gasteiger partial charge is 0.379 e. The summed E-state index contributed by atoms with van der Waals surface area (Å²) in [4.78, 5) is 10.8. The van der Waals surface area contributed by atoms with E-state index in [2.05, 4.69) is 56.9 Å². The lowest BCUT2D eigenvalue weighted by molar-refractivity contribution is 0.0177. The van der Waals surface area contributed by atoms with Crippen LogP contribution < -0.4 is 10.6 Å². The molecule has 2 heterocycles. The van der Waals surface area contributed by atoms with E-state index in [1.165, 1.54) is 17.7 Å². The molecule has 154 valence electrons. The SMILES string of the molecule is CN=C(NCC(c1cccs1)N1CCOCC1)NCC(C)N(C)C1CC1.I. The van der Waals surface area contributed by atoms with Crippen LogP contribution in [0, 0.1) is 0 Å². The van der Waals surface area contributed by atoms with E-state index in [0.29, 0.717) is 12.1 Å². The molecule has 27 heavy (non-hydrogen) atoms. The second kappa shape index (κ2) is 11.5. The van der Waals surface area contributed by atoms with Crippen LogP contribution in [0.4, 0.5) is 0 Å². The molecule has 1 aromatic rings. The third-order valence-corrected chi connectivity index (χ3v) is 6.40.